The van der Waals surface area contributed by atoms with Gasteiger partial charge in [-0.05, 0) is 59.3 Å². The van der Waals surface area contributed by atoms with Crippen molar-refractivity contribution < 1.29 is 17.9 Å². The third kappa shape index (κ3) is 4.27. The molecule has 2 N–H and O–H groups in total. The number of carbonyl (C=O) groups excluding carboxylic acids is 1. The van der Waals surface area contributed by atoms with Gasteiger partial charge in [0.25, 0.3) is 15.9 Å². The monoisotopic (exact) mass is 412 g/mol. The minimum atomic E-state index is -3.81. The number of sulfonamides is 1. The average Bonchev–Trinajstić information content (AvgIpc) is 2.56. The fourth-order valence-electron chi connectivity index (χ4n) is 2.00. The van der Waals surface area contributed by atoms with Crippen LogP contribution >= 0.6 is 15.9 Å². The van der Waals surface area contributed by atoms with Crippen LogP contribution in [0.3, 0.4) is 0 Å². The van der Waals surface area contributed by atoms with E-state index in [2.05, 4.69) is 26.0 Å². The largest absolute Gasteiger partial charge is 0.493 e. The molecule has 0 saturated carbocycles. The molecule has 0 aromatic heterocycles. The first-order valence-corrected chi connectivity index (χ1v) is 9.42. The number of hydrogen-bond acceptors (Lipinski definition) is 4. The highest BCUT2D eigenvalue weighted by molar-refractivity contribution is 9.10. The topological polar surface area (TPSA) is 84.5 Å². The summed E-state index contributed by atoms with van der Waals surface area (Å²) in [6.07, 6.45) is 0. The Labute approximate surface area is 149 Å². The van der Waals surface area contributed by atoms with Crippen LogP contribution < -0.4 is 14.8 Å². The second-order valence-electron chi connectivity index (χ2n) is 4.79. The van der Waals surface area contributed by atoms with Gasteiger partial charge in [0.05, 0.1) is 21.7 Å². The molecule has 0 unspecified atom stereocenters. The predicted octanol–water partition coefficient (Wildman–Crippen LogP) is 3.01. The maximum Gasteiger partial charge on any atom is 0.261 e. The van der Waals surface area contributed by atoms with Gasteiger partial charge in [-0.2, -0.15) is 0 Å². The van der Waals surface area contributed by atoms with Crippen molar-refractivity contribution in [1.82, 2.24) is 5.32 Å². The smallest absolute Gasteiger partial charge is 0.261 e. The zero-order chi connectivity index (χ0) is 17.7. The summed E-state index contributed by atoms with van der Waals surface area (Å²) >= 11 is 3.34. The van der Waals surface area contributed by atoms with Crippen LogP contribution in [0.2, 0.25) is 0 Å². The Balaban J connectivity index is 2.28. The Hall–Kier alpha value is -2.06. The standard InChI is InChI=1S/C16H17BrN2O4S/c1-3-23-15-8-7-12(10-14(15)17)19-24(21,22)13-6-4-5-11(9-13)16(20)18-2/h4-10,19H,3H2,1-2H3,(H,18,20). The number of carbonyl (C=O) groups is 1. The fraction of sp³-hybridized carbons (Fsp3) is 0.188. The summed E-state index contributed by atoms with van der Waals surface area (Å²) in [5.74, 6) is 0.276. The molecule has 0 fully saturated rings. The van der Waals surface area contributed by atoms with Crippen LogP contribution in [0.15, 0.2) is 51.8 Å². The Bertz CT molecular complexity index is 853. The Morgan fingerprint density at radius 2 is 1.96 bits per heavy atom. The Kier molecular flexibility index (Phi) is 5.84. The fourth-order valence-corrected chi connectivity index (χ4v) is 3.59. The van der Waals surface area contributed by atoms with Gasteiger partial charge in [-0.15, -0.1) is 0 Å². The molecule has 2 aromatic rings. The summed E-state index contributed by atoms with van der Waals surface area (Å²) in [5, 5.41) is 2.46. The minimum absolute atomic E-state index is 0.00797. The van der Waals surface area contributed by atoms with E-state index in [-0.39, 0.29) is 16.4 Å². The van der Waals surface area contributed by atoms with Crippen molar-refractivity contribution in [3.05, 3.63) is 52.5 Å². The van der Waals surface area contributed by atoms with Crippen LogP contribution in [-0.2, 0) is 10.0 Å². The molecule has 0 atom stereocenters. The van der Waals surface area contributed by atoms with Crippen molar-refractivity contribution in [2.75, 3.05) is 18.4 Å². The first-order chi connectivity index (χ1) is 11.4. The molecule has 8 heteroatoms. The van der Waals surface area contributed by atoms with E-state index in [0.717, 1.165) is 0 Å². The normalized spacial score (nSPS) is 11.0. The molecular formula is C16H17BrN2O4S. The minimum Gasteiger partial charge on any atom is -0.493 e. The van der Waals surface area contributed by atoms with Gasteiger partial charge in [0.15, 0.2) is 0 Å². The Morgan fingerprint density at radius 1 is 1.21 bits per heavy atom. The van der Waals surface area contributed by atoms with Crippen molar-refractivity contribution in [3.63, 3.8) is 0 Å². The number of amides is 1. The average molecular weight is 413 g/mol. The van der Waals surface area contributed by atoms with Crippen molar-refractivity contribution in [1.29, 1.82) is 0 Å². The maximum atomic E-state index is 12.5. The third-order valence-corrected chi connectivity index (χ3v) is 5.12. The predicted molar refractivity (Wildman–Crippen MR) is 96.0 cm³/mol. The van der Waals surface area contributed by atoms with Gasteiger partial charge >= 0.3 is 0 Å². The van der Waals surface area contributed by atoms with E-state index in [4.69, 9.17) is 4.74 Å². The number of rotatable bonds is 6. The second kappa shape index (κ2) is 7.67. The molecule has 0 radical (unpaired) electrons. The van der Waals surface area contributed by atoms with Crippen LogP contribution in [0.5, 0.6) is 5.75 Å². The van der Waals surface area contributed by atoms with E-state index in [0.29, 0.717) is 22.5 Å². The maximum absolute atomic E-state index is 12.5. The van der Waals surface area contributed by atoms with Crippen LogP contribution in [0.1, 0.15) is 17.3 Å². The molecule has 1 amide bonds. The van der Waals surface area contributed by atoms with Gasteiger partial charge in [0, 0.05) is 12.6 Å². The van der Waals surface area contributed by atoms with E-state index in [1.54, 1.807) is 24.3 Å². The van der Waals surface area contributed by atoms with Crippen LogP contribution in [0.4, 0.5) is 5.69 Å². The summed E-state index contributed by atoms with van der Waals surface area (Å²) < 4.78 is 33.5. The molecule has 0 saturated heterocycles. The molecule has 6 nitrogen and oxygen atoms in total. The summed E-state index contributed by atoms with van der Waals surface area (Å²) in [4.78, 5) is 11.7. The molecule has 2 aromatic carbocycles. The highest BCUT2D eigenvalue weighted by Crippen LogP contribution is 2.29. The molecule has 2 rings (SSSR count). The van der Waals surface area contributed by atoms with Crippen molar-refractivity contribution in [3.8, 4) is 5.75 Å². The number of ether oxygens (including phenoxy) is 1. The number of halogens is 1. The molecule has 0 aliphatic carbocycles. The zero-order valence-electron chi connectivity index (χ0n) is 13.2. The van der Waals surface area contributed by atoms with Crippen LogP contribution in [-0.4, -0.2) is 28.0 Å². The van der Waals surface area contributed by atoms with Crippen molar-refractivity contribution in [2.45, 2.75) is 11.8 Å². The second-order valence-corrected chi connectivity index (χ2v) is 7.33. The van der Waals surface area contributed by atoms with Crippen molar-refractivity contribution in [2.24, 2.45) is 0 Å². The Morgan fingerprint density at radius 3 is 2.58 bits per heavy atom. The summed E-state index contributed by atoms with van der Waals surface area (Å²) in [5.41, 5.74) is 0.656. The van der Waals surface area contributed by atoms with E-state index in [1.165, 1.54) is 25.2 Å². The van der Waals surface area contributed by atoms with E-state index < -0.39 is 10.0 Å². The number of anilines is 1. The lowest BCUT2D eigenvalue weighted by atomic mass is 10.2. The molecule has 0 aliphatic rings. The third-order valence-electron chi connectivity index (χ3n) is 3.12. The molecule has 0 heterocycles. The van der Waals surface area contributed by atoms with Gasteiger partial charge in [0.1, 0.15) is 5.75 Å². The number of benzene rings is 2. The lowest BCUT2D eigenvalue weighted by Gasteiger charge is -2.11. The first-order valence-electron chi connectivity index (χ1n) is 7.14. The van der Waals surface area contributed by atoms with Crippen molar-refractivity contribution >= 4 is 37.5 Å². The quantitative estimate of drug-likeness (QED) is 0.763. The SMILES string of the molecule is CCOc1ccc(NS(=O)(=O)c2cccc(C(=O)NC)c2)cc1Br. The van der Waals surface area contributed by atoms with Crippen LogP contribution in [0, 0.1) is 0 Å². The first kappa shape index (κ1) is 18.3. The molecule has 0 aliphatic heterocycles. The van der Waals surface area contributed by atoms with Gasteiger partial charge in [-0.3, -0.25) is 9.52 Å². The van der Waals surface area contributed by atoms with Gasteiger partial charge < -0.3 is 10.1 Å². The van der Waals surface area contributed by atoms with E-state index in [9.17, 15) is 13.2 Å². The van der Waals surface area contributed by atoms with Gasteiger partial charge in [-0.25, -0.2) is 8.42 Å². The molecule has 0 bridgehead atoms. The lowest BCUT2D eigenvalue weighted by molar-refractivity contribution is 0.0963. The molecule has 0 spiro atoms. The highest BCUT2D eigenvalue weighted by Gasteiger charge is 2.17. The molecule has 128 valence electrons. The van der Waals surface area contributed by atoms with Gasteiger partial charge in [0.2, 0.25) is 0 Å². The number of nitrogens with one attached hydrogen (secondary N) is 2. The van der Waals surface area contributed by atoms with Gasteiger partial charge in [-0.1, -0.05) is 6.07 Å². The molecular weight excluding hydrogens is 396 g/mol. The number of hydrogen-bond donors (Lipinski definition) is 2. The summed E-state index contributed by atoms with van der Waals surface area (Å²) in [7, 11) is -2.33. The van der Waals surface area contributed by atoms with E-state index in [1.807, 2.05) is 6.92 Å². The lowest BCUT2D eigenvalue weighted by Crippen LogP contribution is -2.19. The summed E-state index contributed by atoms with van der Waals surface area (Å²) in [6.45, 7) is 2.37. The highest BCUT2D eigenvalue weighted by atomic mass is 79.9. The molecule has 24 heavy (non-hydrogen) atoms. The van der Waals surface area contributed by atoms with Crippen LogP contribution in [0.25, 0.3) is 0 Å². The zero-order valence-corrected chi connectivity index (χ0v) is 15.6. The van der Waals surface area contributed by atoms with E-state index >= 15 is 0 Å². The summed E-state index contributed by atoms with van der Waals surface area (Å²) in [6, 6.07) is 10.7.